The van der Waals surface area contributed by atoms with Gasteiger partial charge in [-0.1, -0.05) is 19.8 Å². The molecule has 0 heterocycles. The van der Waals surface area contributed by atoms with Crippen molar-refractivity contribution >= 4 is 5.97 Å². The molecular formula is C26H30FNO4. The third-order valence-corrected chi connectivity index (χ3v) is 5.74. The summed E-state index contributed by atoms with van der Waals surface area (Å²) in [4.78, 5) is 12.3. The fourth-order valence-corrected chi connectivity index (χ4v) is 3.78. The number of nitrogens with zero attached hydrogens (tertiary/aromatic N) is 1. The van der Waals surface area contributed by atoms with Crippen LogP contribution in [0.2, 0.25) is 0 Å². The maximum atomic E-state index is 13.7. The summed E-state index contributed by atoms with van der Waals surface area (Å²) in [5.41, 5.74) is 0.238. The van der Waals surface area contributed by atoms with Crippen LogP contribution in [0.4, 0.5) is 4.39 Å². The van der Waals surface area contributed by atoms with Crippen molar-refractivity contribution in [3.05, 3.63) is 59.4 Å². The monoisotopic (exact) mass is 439 g/mol. The number of ether oxygens (including phenoxy) is 3. The van der Waals surface area contributed by atoms with E-state index in [9.17, 15) is 9.18 Å². The highest BCUT2D eigenvalue weighted by Gasteiger charge is 2.22. The molecule has 0 aromatic heterocycles. The lowest BCUT2D eigenvalue weighted by molar-refractivity contribution is 0.0112. The van der Waals surface area contributed by atoms with Gasteiger partial charge in [0.1, 0.15) is 23.4 Å². The van der Waals surface area contributed by atoms with Crippen LogP contribution in [0, 0.1) is 23.1 Å². The Labute approximate surface area is 189 Å². The molecule has 2 aromatic carbocycles. The van der Waals surface area contributed by atoms with Gasteiger partial charge in [-0.05, 0) is 74.4 Å². The predicted octanol–water partition coefficient (Wildman–Crippen LogP) is 6.06. The summed E-state index contributed by atoms with van der Waals surface area (Å²) in [5.74, 6) is -0.0568. The van der Waals surface area contributed by atoms with E-state index < -0.39 is 11.8 Å². The van der Waals surface area contributed by atoms with Crippen LogP contribution in [-0.2, 0) is 4.74 Å². The van der Waals surface area contributed by atoms with Crippen LogP contribution in [0.3, 0.4) is 0 Å². The number of rotatable bonds is 10. The molecule has 0 bridgehead atoms. The molecule has 0 N–H and O–H groups in total. The van der Waals surface area contributed by atoms with Crippen LogP contribution in [0.25, 0.3) is 0 Å². The molecule has 0 saturated heterocycles. The van der Waals surface area contributed by atoms with Crippen molar-refractivity contribution in [3.8, 4) is 17.6 Å². The minimum atomic E-state index is -0.723. The Morgan fingerprint density at radius 3 is 2.44 bits per heavy atom. The zero-order valence-electron chi connectivity index (χ0n) is 18.5. The Morgan fingerprint density at radius 2 is 1.78 bits per heavy atom. The molecule has 6 heteroatoms. The van der Waals surface area contributed by atoms with E-state index in [1.165, 1.54) is 25.0 Å². The molecule has 0 spiro atoms. The number of benzene rings is 2. The van der Waals surface area contributed by atoms with Crippen molar-refractivity contribution < 1.29 is 23.4 Å². The van der Waals surface area contributed by atoms with Gasteiger partial charge >= 0.3 is 5.97 Å². The van der Waals surface area contributed by atoms with Crippen LogP contribution in [-0.4, -0.2) is 25.3 Å². The molecule has 170 valence electrons. The molecule has 1 fully saturated rings. The number of carbonyl (C=O) groups is 1. The summed E-state index contributed by atoms with van der Waals surface area (Å²) in [7, 11) is 0. The van der Waals surface area contributed by atoms with Crippen LogP contribution >= 0.6 is 0 Å². The first-order chi connectivity index (χ1) is 15.6. The van der Waals surface area contributed by atoms with Gasteiger partial charge in [-0.3, -0.25) is 0 Å². The van der Waals surface area contributed by atoms with E-state index >= 15 is 0 Å². The standard InChI is InChI=1S/C26H30FNO4/c1-2-3-4-15-30-22-10-5-19(6-11-22)18-31-23-12-7-20(8-13-23)26(29)32-24-14-9-21(17-28)25(27)16-24/h7-9,12-14,16,19,22H,2-6,10-11,15,18H2,1H3/t19-,22-. The minimum absolute atomic E-state index is 0.0526. The van der Waals surface area contributed by atoms with Gasteiger partial charge in [0, 0.05) is 12.7 Å². The van der Waals surface area contributed by atoms with E-state index in [2.05, 4.69) is 6.92 Å². The second-order valence-electron chi connectivity index (χ2n) is 8.20. The van der Waals surface area contributed by atoms with Gasteiger partial charge in [-0.2, -0.15) is 5.26 Å². The molecule has 1 aliphatic rings. The van der Waals surface area contributed by atoms with E-state index in [1.54, 1.807) is 30.3 Å². The summed E-state index contributed by atoms with van der Waals surface area (Å²) in [6, 6.07) is 12.1. The normalized spacial score (nSPS) is 18.0. The zero-order valence-corrected chi connectivity index (χ0v) is 18.5. The van der Waals surface area contributed by atoms with Crippen molar-refractivity contribution in [1.29, 1.82) is 5.26 Å². The molecule has 5 nitrogen and oxygen atoms in total. The van der Waals surface area contributed by atoms with Crippen molar-refractivity contribution in [2.45, 2.75) is 58.0 Å². The fraction of sp³-hybridized carbons (Fsp3) is 0.462. The molecule has 0 atom stereocenters. The van der Waals surface area contributed by atoms with Gasteiger partial charge in [0.05, 0.1) is 23.8 Å². The van der Waals surface area contributed by atoms with Crippen molar-refractivity contribution in [3.63, 3.8) is 0 Å². The molecule has 1 saturated carbocycles. The second-order valence-corrected chi connectivity index (χ2v) is 8.20. The van der Waals surface area contributed by atoms with Gasteiger partial charge in [0.2, 0.25) is 0 Å². The number of carbonyl (C=O) groups excluding carboxylic acids is 1. The lowest BCUT2D eigenvalue weighted by Crippen LogP contribution is -2.25. The summed E-state index contributed by atoms with van der Waals surface area (Å²) >= 11 is 0. The van der Waals surface area contributed by atoms with Gasteiger partial charge in [0.15, 0.2) is 0 Å². The van der Waals surface area contributed by atoms with Crippen LogP contribution in [0.5, 0.6) is 11.5 Å². The Hall–Kier alpha value is -2.91. The Bertz CT molecular complexity index is 914. The first-order valence-corrected chi connectivity index (χ1v) is 11.3. The third-order valence-electron chi connectivity index (χ3n) is 5.74. The van der Waals surface area contributed by atoms with Gasteiger partial charge < -0.3 is 14.2 Å². The SMILES string of the molecule is CCCCCO[C@H]1CC[C@H](COc2ccc(C(=O)Oc3ccc(C#N)c(F)c3)cc2)CC1. The highest BCUT2D eigenvalue weighted by atomic mass is 19.1. The van der Waals surface area contributed by atoms with Crippen molar-refractivity contribution in [2.75, 3.05) is 13.2 Å². The maximum Gasteiger partial charge on any atom is 0.343 e. The lowest BCUT2D eigenvalue weighted by Gasteiger charge is -2.28. The molecule has 3 rings (SSSR count). The minimum Gasteiger partial charge on any atom is -0.493 e. The number of hydrogen-bond donors (Lipinski definition) is 0. The Kier molecular flexibility index (Phi) is 9.06. The average molecular weight is 440 g/mol. The van der Waals surface area contributed by atoms with Gasteiger partial charge in [0.25, 0.3) is 0 Å². The first-order valence-electron chi connectivity index (χ1n) is 11.3. The van der Waals surface area contributed by atoms with Crippen molar-refractivity contribution in [1.82, 2.24) is 0 Å². The quantitative estimate of drug-likeness (QED) is 0.256. The van der Waals surface area contributed by atoms with Gasteiger partial charge in [-0.25, -0.2) is 9.18 Å². The number of unbranched alkanes of at least 4 members (excludes halogenated alkanes) is 2. The summed E-state index contributed by atoms with van der Waals surface area (Å²) in [6.45, 7) is 3.72. The number of esters is 1. The molecule has 0 aliphatic heterocycles. The van der Waals surface area contributed by atoms with E-state index in [-0.39, 0.29) is 11.3 Å². The van der Waals surface area contributed by atoms with E-state index in [0.29, 0.717) is 29.9 Å². The molecule has 0 amide bonds. The molecular weight excluding hydrogens is 409 g/mol. The summed E-state index contributed by atoms with van der Waals surface area (Å²) < 4.78 is 30.7. The predicted molar refractivity (Wildman–Crippen MR) is 119 cm³/mol. The van der Waals surface area contributed by atoms with Crippen LogP contribution in [0.15, 0.2) is 42.5 Å². The van der Waals surface area contributed by atoms with Crippen molar-refractivity contribution in [2.24, 2.45) is 5.92 Å². The zero-order chi connectivity index (χ0) is 22.8. The summed E-state index contributed by atoms with van der Waals surface area (Å²) in [6.07, 6.45) is 8.35. The first kappa shape index (κ1) is 23.7. The smallest absolute Gasteiger partial charge is 0.343 e. The van der Waals surface area contributed by atoms with E-state index in [0.717, 1.165) is 44.8 Å². The maximum absolute atomic E-state index is 13.7. The number of nitriles is 1. The molecule has 0 unspecified atom stereocenters. The Balaban J connectivity index is 1.41. The highest BCUT2D eigenvalue weighted by molar-refractivity contribution is 5.91. The number of hydrogen-bond acceptors (Lipinski definition) is 5. The second kappa shape index (κ2) is 12.2. The molecule has 32 heavy (non-hydrogen) atoms. The topological polar surface area (TPSA) is 68.6 Å². The van der Waals surface area contributed by atoms with Crippen LogP contribution in [0.1, 0.15) is 67.8 Å². The third kappa shape index (κ3) is 7.06. The molecule has 0 radical (unpaired) electrons. The van der Waals surface area contributed by atoms with E-state index in [1.807, 2.05) is 0 Å². The number of halogens is 1. The van der Waals surface area contributed by atoms with E-state index in [4.69, 9.17) is 19.5 Å². The summed E-state index contributed by atoms with van der Waals surface area (Å²) in [5, 5.41) is 8.77. The fourth-order valence-electron chi connectivity index (χ4n) is 3.78. The lowest BCUT2D eigenvalue weighted by atomic mass is 9.88. The Morgan fingerprint density at radius 1 is 1.06 bits per heavy atom. The average Bonchev–Trinajstić information content (AvgIpc) is 2.82. The van der Waals surface area contributed by atoms with Crippen LogP contribution < -0.4 is 9.47 Å². The highest BCUT2D eigenvalue weighted by Crippen LogP contribution is 2.27. The largest absolute Gasteiger partial charge is 0.493 e. The van der Waals surface area contributed by atoms with Gasteiger partial charge in [-0.15, -0.1) is 0 Å². The molecule has 1 aliphatic carbocycles. The molecule has 2 aromatic rings.